The number of benzene rings is 2. The number of aromatic nitrogens is 1. The zero-order valence-corrected chi connectivity index (χ0v) is 15.5. The molecule has 0 unspecified atom stereocenters. The SMILES string of the molecule is Cc1cccc(CN2CCN(C(=O)c3cc(-c4ccccc4)no3)CC2)c1. The van der Waals surface area contributed by atoms with Gasteiger partial charge in [-0.3, -0.25) is 9.69 Å². The Kier molecular flexibility index (Phi) is 5.03. The van der Waals surface area contributed by atoms with Gasteiger partial charge in [0.1, 0.15) is 5.69 Å². The second-order valence-corrected chi connectivity index (χ2v) is 7.00. The maximum atomic E-state index is 12.7. The van der Waals surface area contributed by atoms with Gasteiger partial charge in [0, 0.05) is 44.4 Å². The first-order valence-electron chi connectivity index (χ1n) is 9.28. The van der Waals surface area contributed by atoms with Gasteiger partial charge in [0.2, 0.25) is 5.76 Å². The summed E-state index contributed by atoms with van der Waals surface area (Å²) in [4.78, 5) is 17.0. The number of carbonyl (C=O) groups is 1. The molecule has 2 aromatic carbocycles. The number of rotatable bonds is 4. The van der Waals surface area contributed by atoms with Crippen LogP contribution in [0.25, 0.3) is 11.3 Å². The van der Waals surface area contributed by atoms with E-state index in [1.54, 1.807) is 6.07 Å². The molecule has 0 atom stereocenters. The standard InChI is InChI=1S/C22H23N3O2/c1-17-6-5-7-18(14-17)16-24-10-12-25(13-11-24)22(26)21-15-20(23-27-21)19-8-3-2-4-9-19/h2-9,14-15H,10-13,16H2,1H3. The maximum Gasteiger partial charge on any atom is 0.292 e. The summed E-state index contributed by atoms with van der Waals surface area (Å²) in [5.41, 5.74) is 4.23. The maximum absolute atomic E-state index is 12.7. The Morgan fingerprint density at radius 3 is 2.52 bits per heavy atom. The zero-order valence-electron chi connectivity index (χ0n) is 15.5. The molecule has 27 heavy (non-hydrogen) atoms. The fourth-order valence-corrected chi connectivity index (χ4v) is 3.45. The molecule has 138 valence electrons. The normalized spacial score (nSPS) is 15.1. The Balaban J connectivity index is 1.35. The van der Waals surface area contributed by atoms with Gasteiger partial charge >= 0.3 is 0 Å². The third kappa shape index (κ3) is 4.09. The first-order valence-corrected chi connectivity index (χ1v) is 9.28. The molecule has 0 spiro atoms. The average molecular weight is 361 g/mol. The number of carbonyl (C=O) groups excluding carboxylic acids is 1. The van der Waals surface area contributed by atoms with Crippen LogP contribution in [0, 0.1) is 6.92 Å². The van der Waals surface area contributed by atoms with E-state index in [4.69, 9.17) is 4.52 Å². The number of amides is 1. The van der Waals surface area contributed by atoms with E-state index in [1.807, 2.05) is 35.2 Å². The number of piperazine rings is 1. The van der Waals surface area contributed by atoms with E-state index in [0.29, 0.717) is 24.5 Å². The van der Waals surface area contributed by atoms with E-state index in [2.05, 4.69) is 41.2 Å². The van der Waals surface area contributed by atoms with E-state index in [-0.39, 0.29) is 5.91 Å². The van der Waals surface area contributed by atoms with Crippen LogP contribution in [-0.4, -0.2) is 47.0 Å². The van der Waals surface area contributed by atoms with Crippen LogP contribution >= 0.6 is 0 Å². The van der Waals surface area contributed by atoms with E-state index < -0.39 is 0 Å². The summed E-state index contributed by atoms with van der Waals surface area (Å²) in [6.07, 6.45) is 0. The third-order valence-electron chi connectivity index (χ3n) is 4.94. The molecule has 1 aliphatic rings. The van der Waals surface area contributed by atoms with E-state index in [0.717, 1.165) is 25.2 Å². The van der Waals surface area contributed by atoms with Crippen molar-refractivity contribution >= 4 is 5.91 Å². The first kappa shape index (κ1) is 17.5. The van der Waals surface area contributed by atoms with Crippen LogP contribution in [0.3, 0.4) is 0 Å². The lowest BCUT2D eigenvalue weighted by molar-refractivity contribution is 0.0589. The third-order valence-corrected chi connectivity index (χ3v) is 4.94. The topological polar surface area (TPSA) is 49.6 Å². The average Bonchev–Trinajstić information content (AvgIpc) is 3.19. The molecule has 1 amide bonds. The van der Waals surface area contributed by atoms with Crippen LogP contribution in [0.1, 0.15) is 21.7 Å². The summed E-state index contributed by atoms with van der Waals surface area (Å²) in [6, 6.07) is 20.1. The van der Waals surface area contributed by atoms with Gasteiger partial charge in [-0.05, 0) is 12.5 Å². The van der Waals surface area contributed by atoms with Crippen molar-refractivity contribution in [3.63, 3.8) is 0 Å². The Morgan fingerprint density at radius 1 is 1.00 bits per heavy atom. The minimum absolute atomic E-state index is 0.0834. The predicted octanol–water partition coefficient (Wildman–Crippen LogP) is 3.61. The van der Waals surface area contributed by atoms with Crippen LogP contribution in [0.15, 0.2) is 65.2 Å². The van der Waals surface area contributed by atoms with Crippen molar-refractivity contribution in [1.29, 1.82) is 0 Å². The number of nitrogens with zero attached hydrogens (tertiary/aromatic N) is 3. The molecule has 3 aromatic rings. The summed E-state index contributed by atoms with van der Waals surface area (Å²) in [5.74, 6) is 0.223. The lowest BCUT2D eigenvalue weighted by atomic mass is 10.1. The van der Waals surface area contributed by atoms with Gasteiger partial charge in [-0.25, -0.2) is 0 Å². The molecule has 0 radical (unpaired) electrons. The van der Waals surface area contributed by atoms with Gasteiger partial charge in [-0.2, -0.15) is 0 Å². The van der Waals surface area contributed by atoms with Crippen LogP contribution < -0.4 is 0 Å². The molecule has 0 aliphatic carbocycles. The Labute approximate surface area is 159 Å². The molecule has 2 heterocycles. The van der Waals surface area contributed by atoms with Crippen molar-refractivity contribution in [3.05, 3.63) is 77.6 Å². The van der Waals surface area contributed by atoms with E-state index in [1.165, 1.54) is 11.1 Å². The minimum Gasteiger partial charge on any atom is -0.350 e. The Hall–Kier alpha value is -2.92. The van der Waals surface area contributed by atoms with Gasteiger partial charge in [0.15, 0.2) is 0 Å². The zero-order chi connectivity index (χ0) is 18.6. The van der Waals surface area contributed by atoms with Crippen LogP contribution in [0.2, 0.25) is 0 Å². The second-order valence-electron chi connectivity index (χ2n) is 7.00. The number of hydrogen-bond acceptors (Lipinski definition) is 4. The van der Waals surface area contributed by atoms with Crippen LogP contribution in [0.4, 0.5) is 0 Å². The molecule has 0 saturated carbocycles. The fourth-order valence-electron chi connectivity index (χ4n) is 3.45. The predicted molar refractivity (Wildman–Crippen MR) is 104 cm³/mol. The highest BCUT2D eigenvalue weighted by molar-refractivity contribution is 5.92. The van der Waals surface area contributed by atoms with E-state index >= 15 is 0 Å². The highest BCUT2D eigenvalue weighted by atomic mass is 16.5. The molecule has 1 aromatic heterocycles. The summed E-state index contributed by atoms with van der Waals surface area (Å²) in [6.45, 7) is 6.15. The highest BCUT2D eigenvalue weighted by Gasteiger charge is 2.25. The molecule has 0 bridgehead atoms. The highest BCUT2D eigenvalue weighted by Crippen LogP contribution is 2.20. The Morgan fingerprint density at radius 2 is 1.78 bits per heavy atom. The van der Waals surface area contributed by atoms with Crippen molar-refractivity contribution in [3.8, 4) is 11.3 Å². The van der Waals surface area contributed by atoms with Crippen molar-refractivity contribution in [2.24, 2.45) is 0 Å². The molecule has 1 aliphatic heterocycles. The van der Waals surface area contributed by atoms with Crippen molar-refractivity contribution in [2.45, 2.75) is 13.5 Å². The molecular formula is C22H23N3O2. The van der Waals surface area contributed by atoms with Gasteiger partial charge in [0.05, 0.1) is 0 Å². The lowest BCUT2D eigenvalue weighted by Crippen LogP contribution is -2.48. The summed E-state index contributed by atoms with van der Waals surface area (Å²) in [5, 5.41) is 4.05. The summed E-state index contributed by atoms with van der Waals surface area (Å²) >= 11 is 0. The largest absolute Gasteiger partial charge is 0.350 e. The number of hydrogen-bond donors (Lipinski definition) is 0. The smallest absolute Gasteiger partial charge is 0.292 e. The van der Waals surface area contributed by atoms with Crippen LogP contribution in [-0.2, 0) is 6.54 Å². The number of aryl methyl sites for hydroxylation is 1. The molecule has 1 saturated heterocycles. The van der Waals surface area contributed by atoms with Gasteiger partial charge < -0.3 is 9.42 Å². The Bertz CT molecular complexity index is 912. The fraction of sp³-hybridized carbons (Fsp3) is 0.273. The summed E-state index contributed by atoms with van der Waals surface area (Å²) in [7, 11) is 0. The molecule has 5 heteroatoms. The molecule has 5 nitrogen and oxygen atoms in total. The molecular weight excluding hydrogens is 338 g/mol. The lowest BCUT2D eigenvalue weighted by Gasteiger charge is -2.34. The van der Waals surface area contributed by atoms with Crippen molar-refractivity contribution < 1.29 is 9.32 Å². The van der Waals surface area contributed by atoms with Crippen molar-refractivity contribution in [1.82, 2.24) is 15.0 Å². The summed E-state index contributed by atoms with van der Waals surface area (Å²) < 4.78 is 5.31. The van der Waals surface area contributed by atoms with E-state index in [9.17, 15) is 4.79 Å². The van der Waals surface area contributed by atoms with Gasteiger partial charge in [-0.15, -0.1) is 0 Å². The van der Waals surface area contributed by atoms with Gasteiger partial charge in [0.25, 0.3) is 5.91 Å². The molecule has 0 N–H and O–H groups in total. The quantitative estimate of drug-likeness (QED) is 0.712. The van der Waals surface area contributed by atoms with Crippen molar-refractivity contribution in [2.75, 3.05) is 26.2 Å². The first-order chi connectivity index (χ1) is 13.2. The minimum atomic E-state index is -0.0834. The van der Waals surface area contributed by atoms with Gasteiger partial charge in [-0.1, -0.05) is 65.3 Å². The molecule has 4 rings (SSSR count). The van der Waals surface area contributed by atoms with Crippen LogP contribution in [0.5, 0.6) is 0 Å². The monoisotopic (exact) mass is 361 g/mol. The molecule has 1 fully saturated rings. The second kappa shape index (κ2) is 7.76.